The molecule has 65 heavy (non-hydrogen) atoms. The van der Waals surface area contributed by atoms with Crippen LogP contribution in [0.1, 0.15) is 62.2 Å². The van der Waals surface area contributed by atoms with E-state index in [-0.39, 0.29) is 11.9 Å². The molecular weight excluding hydrogens is 821 g/mol. The summed E-state index contributed by atoms with van der Waals surface area (Å²) in [5.74, 6) is 1.04. The summed E-state index contributed by atoms with van der Waals surface area (Å²) in [5.41, 5.74) is 16.2. The number of primary amides is 1. The maximum atomic E-state index is 13.1. The predicted molar refractivity (Wildman–Crippen MR) is 256 cm³/mol. The number of ether oxygens (including phenoxy) is 1. The molecule has 0 bridgehead atoms. The molecule has 3 aliphatic rings. The van der Waals surface area contributed by atoms with Crippen LogP contribution in [-0.2, 0) is 24.3 Å². The molecule has 4 amide bonds. The molecule has 0 saturated carbocycles. The van der Waals surface area contributed by atoms with Crippen LogP contribution in [-0.4, -0.2) is 105 Å². The molecule has 0 radical (unpaired) electrons. The summed E-state index contributed by atoms with van der Waals surface area (Å²) < 4.78 is 7.34. The van der Waals surface area contributed by atoms with Gasteiger partial charge in [0.15, 0.2) is 0 Å². The third kappa shape index (κ3) is 9.80. The molecule has 0 aliphatic carbocycles. The maximum absolute atomic E-state index is 13.1. The number of hydrogen-bond acceptors (Lipinski definition) is 10. The fourth-order valence-corrected chi connectivity index (χ4v) is 9.50. The van der Waals surface area contributed by atoms with Crippen molar-refractivity contribution in [2.24, 2.45) is 11.7 Å². The van der Waals surface area contributed by atoms with Crippen molar-refractivity contribution in [1.29, 1.82) is 0 Å². The first-order valence-corrected chi connectivity index (χ1v) is 22.6. The molecule has 2 fully saturated rings. The number of aryl methyl sites for hydroxylation is 4. The Bertz CT molecular complexity index is 2540. The second-order valence-corrected chi connectivity index (χ2v) is 17.3. The van der Waals surface area contributed by atoms with E-state index in [0.29, 0.717) is 60.4 Å². The van der Waals surface area contributed by atoms with Gasteiger partial charge >= 0.3 is 6.03 Å². The fourth-order valence-electron chi connectivity index (χ4n) is 9.50. The monoisotopic (exact) mass is 880 g/mol. The van der Waals surface area contributed by atoms with Crippen molar-refractivity contribution in [3.8, 4) is 17.0 Å². The van der Waals surface area contributed by atoms with Gasteiger partial charge in [0.25, 0.3) is 11.8 Å². The van der Waals surface area contributed by atoms with Crippen LogP contribution < -0.4 is 41.1 Å². The molecule has 340 valence electrons. The van der Waals surface area contributed by atoms with Crippen molar-refractivity contribution < 1.29 is 23.9 Å². The summed E-state index contributed by atoms with van der Waals surface area (Å²) in [6, 6.07) is 25.8. The first-order valence-electron chi connectivity index (χ1n) is 22.6. The maximum Gasteiger partial charge on any atom is 0.321 e. The Balaban J connectivity index is 0.847. The number of nitrogens with zero attached hydrogens (tertiary/aromatic N) is 6. The van der Waals surface area contributed by atoms with Gasteiger partial charge in [-0.15, -0.1) is 0 Å². The highest BCUT2D eigenvalue weighted by Gasteiger charge is 2.28. The summed E-state index contributed by atoms with van der Waals surface area (Å²) in [6.07, 6.45) is 4.14. The standard InChI is InChI=1S/C50H60N10O5/c1-33-7-5-8-42(46(33)65-4)49(63)53-31-38-10-9-37(29-34(38)2)45-44(47(51)62)48-54-43-16-15-41(30-36(43)19-23-60(48)55-45)58-26-24-56(25-27-58)32-35-17-21-57(22-18-35)39-11-13-40(14-12-39)59(20-6-28-61)50(64)52-3/h5,7-16,28-30,35,54H,6,17-27,31-32H2,1-4H3,(H2,51,62)(H,52,64)(H,53,63). The van der Waals surface area contributed by atoms with E-state index in [9.17, 15) is 19.2 Å². The lowest BCUT2D eigenvalue weighted by atomic mass is 9.95. The van der Waals surface area contributed by atoms with E-state index in [0.717, 1.165) is 111 Å². The van der Waals surface area contributed by atoms with Crippen LogP contribution >= 0.6 is 0 Å². The summed E-state index contributed by atoms with van der Waals surface area (Å²) in [5, 5.41) is 14.2. The average Bonchev–Trinajstić information content (AvgIpc) is 3.59. The Labute approximate surface area is 380 Å². The van der Waals surface area contributed by atoms with E-state index < -0.39 is 5.91 Å². The number of para-hydroxylation sites is 1. The highest BCUT2D eigenvalue weighted by molar-refractivity contribution is 6.04. The van der Waals surface area contributed by atoms with Crippen molar-refractivity contribution in [2.75, 3.05) is 86.5 Å². The molecule has 2 saturated heterocycles. The minimum absolute atomic E-state index is 0.215. The average molecular weight is 881 g/mol. The number of amides is 4. The zero-order chi connectivity index (χ0) is 45.6. The molecular formula is C50H60N10O5. The third-order valence-electron chi connectivity index (χ3n) is 13.2. The fraction of sp³-hybridized carbons (Fsp3) is 0.380. The molecule has 5 N–H and O–H groups in total. The molecule has 4 heterocycles. The highest BCUT2D eigenvalue weighted by Crippen LogP contribution is 2.37. The number of carbonyl (C=O) groups is 4. The van der Waals surface area contributed by atoms with Crippen molar-refractivity contribution in [1.82, 2.24) is 25.3 Å². The highest BCUT2D eigenvalue weighted by atomic mass is 16.5. The Morgan fingerprint density at radius 2 is 1.63 bits per heavy atom. The number of piperidine rings is 1. The molecule has 1 aromatic heterocycles. The normalized spacial score (nSPS) is 15.3. The molecule has 5 aromatic rings. The van der Waals surface area contributed by atoms with E-state index >= 15 is 0 Å². The summed E-state index contributed by atoms with van der Waals surface area (Å²) >= 11 is 0. The first kappa shape index (κ1) is 44.7. The van der Waals surface area contributed by atoms with E-state index in [1.54, 1.807) is 25.1 Å². The van der Waals surface area contributed by atoms with Crippen LogP contribution in [0.4, 0.5) is 33.4 Å². The van der Waals surface area contributed by atoms with Gasteiger partial charge in [-0.2, -0.15) is 5.10 Å². The summed E-state index contributed by atoms with van der Waals surface area (Å²) in [6.45, 7) is 12.2. The topological polar surface area (TPSA) is 170 Å². The molecule has 0 unspecified atom stereocenters. The van der Waals surface area contributed by atoms with Gasteiger partial charge in [-0.05, 0) is 116 Å². The van der Waals surface area contributed by atoms with Gasteiger partial charge in [0.2, 0.25) is 0 Å². The number of aldehydes is 1. The molecule has 15 heteroatoms. The number of benzene rings is 4. The third-order valence-corrected chi connectivity index (χ3v) is 13.2. The second-order valence-electron chi connectivity index (χ2n) is 17.3. The van der Waals surface area contributed by atoms with Gasteiger partial charge < -0.3 is 41.0 Å². The van der Waals surface area contributed by atoms with Crippen LogP contribution in [0.25, 0.3) is 11.3 Å². The number of carbonyl (C=O) groups excluding carboxylic acids is 4. The van der Waals surface area contributed by atoms with Gasteiger partial charge in [0.05, 0.1) is 12.7 Å². The van der Waals surface area contributed by atoms with Crippen LogP contribution in [0.3, 0.4) is 0 Å². The number of nitrogens with one attached hydrogen (secondary N) is 3. The lowest BCUT2D eigenvalue weighted by Crippen LogP contribution is -2.49. The summed E-state index contributed by atoms with van der Waals surface area (Å²) in [4.78, 5) is 58.6. The Hall–Kier alpha value is -6.87. The SMILES string of the molecule is CNC(=O)N(CCC=O)c1ccc(N2CCC(CN3CCN(c4ccc5c(c4)CCn4nc(-c6ccc(CNC(=O)c7cccc(C)c7OC)c(C)c6)c(C(N)=O)c4N5)CC3)CC2)cc1. The number of methoxy groups -OCH3 is 1. The number of urea groups is 1. The van der Waals surface area contributed by atoms with Crippen LogP contribution in [0, 0.1) is 19.8 Å². The summed E-state index contributed by atoms with van der Waals surface area (Å²) in [7, 11) is 3.16. The number of nitrogens with two attached hydrogens (primary N) is 1. The van der Waals surface area contributed by atoms with Crippen molar-refractivity contribution >= 4 is 52.7 Å². The lowest BCUT2D eigenvalue weighted by Gasteiger charge is -2.40. The Morgan fingerprint density at radius 1 is 0.892 bits per heavy atom. The number of hydrogen-bond donors (Lipinski definition) is 4. The molecule has 15 nitrogen and oxygen atoms in total. The molecule has 4 aromatic carbocycles. The smallest absolute Gasteiger partial charge is 0.321 e. The zero-order valence-electron chi connectivity index (χ0n) is 37.9. The minimum Gasteiger partial charge on any atom is -0.496 e. The quantitative estimate of drug-likeness (QED) is 0.0932. The number of anilines is 5. The molecule has 3 aliphatic heterocycles. The minimum atomic E-state index is -0.552. The molecule has 8 rings (SSSR count). The van der Waals surface area contributed by atoms with E-state index in [4.69, 9.17) is 15.6 Å². The largest absolute Gasteiger partial charge is 0.496 e. The Morgan fingerprint density at radius 3 is 2.32 bits per heavy atom. The van der Waals surface area contributed by atoms with E-state index in [1.807, 2.05) is 61.0 Å². The zero-order valence-corrected chi connectivity index (χ0v) is 37.9. The second kappa shape index (κ2) is 19.9. The number of rotatable bonds is 14. The molecule has 0 atom stereocenters. The predicted octanol–water partition coefficient (Wildman–Crippen LogP) is 6.28. The van der Waals surface area contributed by atoms with Gasteiger partial charge in [-0.3, -0.25) is 19.4 Å². The number of piperazine rings is 1. The number of fused-ring (bicyclic) bond motifs is 2. The van der Waals surface area contributed by atoms with Gasteiger partial charge in [-0.25, -0.2) is 9.48 Å². The van der Waals surface area contributed by atoms with Crippen molar-refractivity contribution in [3.05, 3.63) is 112 Å². The van der Waals surface area contributed by atoms with Gasteiger partial charge in [0, 0.05) is 107 Å². The Kier molecular flexibility index (Phi) is 13.7. The number of aromatic nitrogens is 2. The van der Waals surface area contributed by atoms with Crippen molar-refractivity contribution in [3.63, 3.8) is 0 Å². The first-order chi connectivity index (χ1) is 31.5. The van der Waals surface area contributed by atoms with Crippen molar-refractivity contribution in [2.45, 2.75) is 52.6 Å². The van der Waals surface area contributed by atoms with Gasteiger partial charge in [0.1, 0.15) is 29.1 Å². The van der Waals surface area contributed by atoms with Crippen LogP contribution in [0.15, 0.2) is 78.9 Å². The molecule has 0 spiro atoms. The lowest BCUT2D eigenvalue weighted by molar-refractivity contribution is -0.107. The van der Waals surface area contributed by atoms with Crippen LogP contribution in [0.5, 0.6) is 5.75 Å². The van der Waals surface area contributed by atoms with Gasteiger partial charge in [-0.1, -0.05) is 24.3 Å². The van der Waals surface area contributed by atoms with Crippen LogP contribution in [0.2, 0.25) is 0 Å². The van der Waals surface area contributed by atoms with E-state index in [1.165, 1.54) is 11.3 Å². The van der Waals surface area contributed by atoms with E-state index in [2.05, 4.69) is 61.0 Å².